The second kappa shape index (κ2) is 10.1. The Hall–Kier alpha value is 1.09. The highest BCUT2D eigenvalue weighted by Crippen LogP contribution is 2.24. The van der Waals surface area contributed by atoms with Crippen LogP contribution in [-0.4, -0.2) is 10.2 Å². The molecule has 0 heterocycles. The van der Waals surface area contributed by atoms with Crippen molar-refractivity contribution in [3.63, 3.8) is 0 Å². The van der Waals surface area contributed by atoms with Crippen molar-refractivity contribution in [3.8, 4) is 0 Å². The van der Waals surface area contributed by atoms with Gasteiger partial charge in [0, 0.05) is 10.2 Å². The third kappa shape index (κ3) is 7.20. The fourth-order valence-corrected chi connectivity index (χ4v) is 2.12. The van der Waals surface area contributed by atoms with Gasteiger partial charge in [-0.05, 0) is 0 Å². The van der Waals surface area contributed by atoms with Gasteiger partial charge in [-0.1, -0.05) is 37.6 Å². The zero-order valence-corrected chi connectivity index (χ0v) is 10.8. The zero-order valence-electron chi connectivity index (χ0n) is 6.34. The summed E-state index contributed by atoms with van der Waals surface area (Å²) >= 11 is 0. The van der Waals surface area contributed by atoms with E-state index in [-0.39, 0.29) is 37.2 Å². The van der Waals surface area contributed by atoms with Crippen molar-refractivity contribution in [2.75, 3.05) is 0 Å². The van der Waals surface area contributed by atoms with Gasteiger partial charge in [-0.3, -0.25) is 0 Å². The third-order valence-corrected chi connectivity index (χ3v) is 3.05. The van der Waals surface area contributed by atoms with Crippen molar-refractivity contribution in [1.82, 2.24) is 0 Å². The Bertz CT molecular complexity index is 55.0. The van der Waals surface area contributed by atoms with Crippen LogP contribution in [0, 0.1) is 0 Å². The highest BCUT2D eigenvalue weighted by atomic mass is 35.5. The van der Waals surface area contributed by atoms with Crippen LogP contribution in [-0.2, 0) is 0 Å². The largest absolute Gasteiger partial charge is 0.147 e. The summed E-state index contributed by atoms with van der Waals surface area (Å²) in [5, 5.41) is 0. The quantitative estimate of drug-likeness (QED) is 0.553. The second-order valence-electron chi connectivity index (χ2n) is 2.74. The topological polar surface area (TPSA) is 0 Å². The van der Waals surface area contributed by atoms with Crippen LogP contribution in [0.15, 0.2) is 0 Å². The minimum absolute atomic E-state index is 0. The van der Waals surface area contributed by atoms with E-state index in [1.165, 1.54) is 35.0 Å². The molecular weight excluding hydrogens is 207 g/mol. The minimum atomic E-state index is 0. The third-order valence-electron chi connectivity index (χ3n) is 1.89. The Morgan fingerprint density at radius 3 is 1.40 bits per heavy atom. The maximum atomic E-state index is 1.55. The fourth-order valence-electron chi connectivity index (χ4n) is 1.31. The Morgan fingerprint density at radius 1 is 0.800 bits per heavy atom. The van der Waals surface area contributed by atoms with Gasteiger partial charge in [-0.2, -0.15) is 0 Å². The summed E-state index contributed by atoms with van der Waals surface area (Å²) in [5.74, 6) is 0. The summed E-state index contributed by atoms with van der Waals surface area (Å²) in [6, 6.07) is 0. The average Bonchev–Trinajstić information content (AvgIpc) is 1.69. The zero-order chi connectivity index (χ0) is 5.11. The molecule has 0 aromatic heterocycles. The summed E-state index contributed by atoms with van der Waals surface area (Å²) in [5.41, 5.74) is 1.17. The van der Waals surface area contributed by atoms with Crippen LogP contribution < -0.4 is 0 Å². The van der Waals surface area contributed by atoms with Crippen molar-refractivity contribution in [2.24, 2.45) is 0 Å². The van der Waals surface area contributed by atoms with Gasteiger partial charge in [0.2, 0.25) is 0 Å². The van der Waals surface area contributed by atoms with Crippen LogP contribution in [0.3, 0.4) is 0 Å². The molecule has 0 aromatic carbocycles. The number of hydrogen-bond acceptors (Lipinski definition) is 0. The first-order chi connectivity index (χ1) is 3.39. The van der Waals surface area contributed by atoms with E-state index in [1.807, 2.05) is 0 Å². The van der Waals surface area contributed by atoms with E-state index >= 15 is 0 Å². The summed E-state index contributed by atoms with van der Waals surface area (Å²) in [6.45, 7) is 0. The lowest BCUT2D eigenvalue weighted by Crippen LogP contribution is -1.98. The molecule has 0 aromatic rings. The van der Waals surface area contributed by atoms with Crippen LogP contribution in [0.2, 0.25) is 5.54 Å². The smallest absolute Gasteiger partial charge is 0.00672 e. The summed E-state index contributed by atoms with van der Waals surface area (Å²) < 4.78 is 0. The van der Waals surface area contributed by atoms with Crippen LogP contribution in [0.25, 0.3) is 0 Å². The number of rotatable bonds is 0. The molecule has 1 fully saturated rings. The number of hydrogen-bond donors (Lipinski definition) is 0. The predicted octanol–water partition coefficient (Wildman–Crippen LogP) is 2.37. The molecule has 0 nitrogen and oxygen atoms in total. The van der Waals surface area contributed by atoms with Gasteiger partial charge >= 0.3 is 0 Å². The van der Waals surface area contributed by atoms with Crippen molar-refractivity contribution in [3.05, 3.63) is 0 Å². The fraction of sp³-hybridized carbons (Fsp3) is 1.00. The molecule has 0 unspecified atom stereocenters. The molecule has 1 aliphatic rings. The molecule has 1 aliphatic carbocycles. The van der Waals surface area contributed by atoms with Gasteiger partial charge in [0.15, 0.2) is 0 Å². The van der Waals surface area contributed by atoms with Crippen LogP contribution >= 0.6 is 37.2 Å². The van der Waals surface area contributed by atoms with Crippen molar-refractivity contribution < 1.29 is 0 Å². The highest BCUT2D eigenvalue weighted by molar-refractivity contribution is 6.11. The molecule has 4 heteroatoms. The molecule has 0 amide bonds. The predicted molar refractivity (Wildman–Crippen MR) is 58.5 cm³/mol. The van der Waals surface area contributed by atoms with Crippen LogP contribution in [0.4, 0.5) is 0 Å². The Balaban J connectivity index is -0.000000163. The Kier molecular flexibility index (Phi) is 17.4. The van der Waals surface area contributed by atoms with E-state index in [1.54, 1.807) is 12.8 Å². The number of halogens is 3. The molecular formula is C6H17Cl3Si. The first-order valence-electron chi connectivity index (χ1n) is 3.39. The molecule has 1 rings (SSSR count). The maximum absolute atomic E-state index is 1.55. The van der Waals surface area contributed by atoms with E-state index in [2.05, 4.69) is 0 Å². The molecule has 10 heavy (non-hydrogen) atoms. The van der Waals surface area contributed by atoms with Crippen LogP contribution in [0.1, 0.15) is 32.1 Å². The van der Waals surface area contributed by atoms with Gasteiger partial charge in [0.1, 0.15) is 0 Å². The molecule has 1 saturated carbocycles. The average molecular weight is 224 g/mol. The molecule has 0 radical (unpaired) electrons. The molecule has 0 bridgehead atoms. The summed E-state index contributed by atoms with van der Waals surface area (Å²) in [7, 11) is 1.45. The van der Waals surface area contributed by atoms with Crippen LogP contribution in [0.5, 0.6) is 0 Å². The molecule has 0 atom stereocenters. The van der Waals surface area contributed by atoms with E-state index in [0.29, 0.717) is 0 Å². The van der Waals surface area contributed by atoms with Gasteiger partial charge in [-0.25, -0.2) is 0 Å². The summed E-state index contributed by atoms with van der Waals surface area (Å²) in [6.07, 6.45) is 7.65. The van der Waals surface area contributed by atoms with E-state index in [0.717, 1.165) is 0 Å². The Morgan fingerprint density at radius 2 is 1.20 bits per heavy atom. The lowest BCUT2D eigenvalue weighted by Gasteiger charge is -2.15. The first-order valence-corrected chi connectivity index (χ1v) is 4.55. The summed E-state index contributed by atoms with van der Waals surface area (Å²) in [4.78, 5) is 0. The van der Waals surface area contributed by atoms with E-state index < -0.39 is 0 Å². The van der Waals surface area contributed by atoms with E-state index in [4.69, 9.17) is 0 Å². The van der Waals surface area contributed by atoms with Gasteiger partial charge in [0.05, 0.1) is 0 Å². The molecule has 0 aliphatic heterocycles. The lowest BCUT2D eigenvalue weighted by molar-refractivity contribution is 0.504. The normalized spacial score (nSPS) is 18.0. The highest BCUT2D eigenvalue weighted by Gasteiger charge is 2.05. The van der Waals surface area contributed by atoms with Gasteiger partial charge in [-0.15, -0.1) is 37.2 Å². The Labute approximate surface area is 85.2 Å². The van der Waals surface area contributed by atoms with Gasteiger partial charge < -0.3 is 0 Å². The first kappa shape index (κ1) is 17.2. The lowest BCUT2D eigenvalue weighted by atomic mass is 10.0. The standard InChI is InChI=1S/C6H14Si.3ClH/c7-6-4-2-1-3-5-6;;;/h6H,1-5H2,7H3;3*1H. The minimum Gasteiger partial charge on any atom is -0.147 e. The molecule has 0 saturated heterocycles. The molecule has 0 spiro atoms. The molecule has 0 N–H and O–H groups in total. The van der Waals surface area contributed by atoms with Crippen molar-refractivity contribution in [2.45, 2.75) is 37.6 Å². The monoisotopic (exact) mass is 222 g/mol. The SMILES string of the molecule is Cl.Cl.Cl.[SiH3]C1CCCCC1. The van der Waals surface area contributed by atoms with Crippen molar-refractivity contribution >= 4 is 47.5 Å². The second-order valence-corrected chi connectivity index (χ2v) is 4.38. The van der Waals surface area contributed by atoms with Crippen molar-refractivity contribution in [1.29, 1.82) is 0 Å². The van der Waals surface area contributed by atoms with Gasteiger partial charge in [0.25, 0.3) is 0 Å². The molecule has 66 valence electrons. The van der Waals surface area contributed by atoms with E-state index in [9.17, 15) is 0 Å². The maximum Gasteiger partial charge on any atom is 0.00672 e.